The van der Waals surface area contributed by atoms with Gasteiger partial charge in [-0.1, -0.05) is 56.8 Å². The van der Waals surface area contributed by atoms with Crippen LogP contribution in [0.2, 0.25) is 10.0 Å². The fourth-order valence-electron chi connectivity index (χ4n) is 3.53. The molecule has 32 heavy (non-hydrogen) atoms. The first kappa shape index (κ1) is 20.9. The van der Waals surface area contributed by atoms with Crippen molar-refractivity contribution in [1.82, 2.24) is 19.1 Å². The third-order valence-electron chi connectivity index (χ3n) is 5.14. The first-order chi connectivity index (χ1) is 15.4. The van der Waals surface area contributed by atoms with E-state index in [1.807, 2.05) is 55.5 Å². The number of benzene rings is 3. The maximum Gasteiger partial charge on any atom is 0.286 e. The van der Waals surface area contributed by atoms with Crippen LogP contribution in [0.25, 0.3) is 33.9 Å². The minimum absolute atomic E-state index is 0.266. The SMILES string of the molecule is Cc1ccc(-n2cnc3c(=O)n(-c4ccc(Br)cc4)c(-c4ccc(Cl)cc4Cl)nc32)cc1. The normalized spacial score (nSPS) is 11.2. The van der Waals surface area contributed by atoms with Crippen LogP contribution in [0.15, 0.2) is 82.3 Å². The van der Waals surface area contributed by atoms with Crippen molar-refractivity contribution in [2.24, 2.45) is 0 Å². The maximum absolute atomic E-state index is 13.7. The van der Waals surface area contributed by atoms with E-state index in [-0.39, 0.29) is 11.1 Å². The molecule has 0 fully saturated rings. The first-order valence-electron chi connectivity index (χ1n) is 9.71. The van der Waals surface area contributed by atoms with Crippen molar-refractivity contribution in [2.45, 2.75) is 6.92 Å². The van der Waals surface area contributed by atoms with Gasteiger partial charge in [-0.05, 0) is 61.5 Å². The van der Waals surface area contributed by atoms with Crippen molar-refractivity contribution < 1.29 is 0 Å². The van der Waals surface area contributed by atoms with Crippen LogP contribution < -0.4 is 5.56 Å². The highest BCUT2D eigenvalue weighted by Gasteiger charge is 2.20. The maximum atomic E-state index is 13.7. The average molecular weight is 526 g/mol. The van der Waals surface area contributed by atoms with Gasteiger partial charge in [0.05, 0.1) is 10.7 Å². The van der Waals surface area contributed by atoms with E-state index in [0.29, 0.717) is 32.8 Å². The molecule has 0 atom stereocenters. The summed E-state index contributed by atoms with van der Waals surface area (Å²) in [4.78, 5) is 22.9. The third kappa shape index (κ3) is 3.64. The van der Waals surface area contributed by atoms with Gasteiger partial charge in [0.1, 0.15) is 6.33 Å². The number of aromatic nitrogens is 4. The number of imidazole rings is 1. The second kappa shape index (κ2) is 8.20. The van der Waals surface area contributed by atoms with Gasteiger partial charge in [-0.2, -0.15) is 0 Å². The molecule has 0 bridgehead atoms. The van der Waals surface area contributed by atoms with Crippen molar-refractivity contribution in [3.05, 3.63) is 103 Å². The van der Waals surface area contributed by atoms with Gasteiger partial charge in [-0.3, -0.25) is 13.9 Å². The molecule has 2 aromatic heterocycles. The van der Waals surface area contributed by atoms with Crippen LogP contribution in [0.3, 0.4) is 0 Å². The summed E-state index contributed by atoms with van der Waals surface area (Å²) in [6.07, 6.45) is 1.61. The number of halogens is 3. The number of hydrogen-bond donors (Lipinski definition) is 0. The topological polar surface area (TPSA) is 52.7 Å². The number of aryl methyl sites for hydroxylation is 1. The Morgan fingerprint density at radius 2 is 1.59 bits per heavy atom. The van der Waals surface area contributed by atoms with Crippen LogP contribution in [0, 0.1) is 6.92 Å². The molecule has 0 unspecified atom stereocenters. The van der Waals surface area contributed by atoms with Crippen LogP contribution in [0.5, 0.6) is 0 Å². The summed E-state index contributed by atoms with van der Waals surface area (Å²) in [7, 11) is 0. The molecular weight excluding hydrogens is 511 g/mol. The molecule has 0 aliphatic rings. The van der Waals surface area contributed by atoms with E-state index in [1.165, 1.54) is 4.57 Å². The zero-order chi connectivity index (χ0) is 22.4. The summed E-state index contributed by atoms with van der Waals surface area (Å²) < 4.78 is 4.23. The van der Waals surface area contributed by atoms with Crippen LogP contribution >= 0.6 is 39.1 Å². The molecule has 0 aliphatic carbocycles. The molecule has 0 N–H and O–H groups in total. The monoisotopic (exact) mass is 524 g/mol. The number of rotatable bonds is 3. The van der Waals surface area contributed by atoms with Crippen LogP contribution in [-0.2, 0) is 0 Å². The van der Waals surface area contributed by atoms with E-state index in [4.69, 9.17) is 28.2 Å². The summed E-state index contributed by atoms with van der Waals surface area (Å²) in [6, 6.07) is 20.5. The summed E-state index contributed by atoms with van der Waals surface area (Å²) in [5.41, 5.74) is 3.67. The van der Waals surface area contributed by atoms with Crippen LogP contribution in [0.1, 0.15) is 5.56 Å². The highest BCUT2D eigenvalue weighted by atomic mass is 79.9. The zero-order valence-electron chi connectivity index (χ0n) is 16.8. The average Bonchev–Trinajstić information content (AvgIpc) is 3.19. The Kier molecular flexibility index (Phi) is 5.37. The highest BCUT2D eigenvalue weighted by molar-refractivity contribution is 9.10. The van der Waals surface area contributed by atoms with Gasteiger partial charge in [-0.25, -0.2) is 9.97 Å². The smallest absolute Gasteiger partial charge is 0.283 e. The zero-order valence-corrected chi connectivity index (χ0v) is 19.9. The Morgan fingerprint density at radius 1 is 0.906 bits per heavy atom. The van der Waals surface area contributed by atoms with E-state index in [0.717, 1.165) is 15.7 Å². The van der Waals surface area contributed by atoms with Crippen molar-refractivity contribution in [2.75, 3.05) is 0 Å². The van der Waals surface area contributed by atoms with Crippen LogP contribution in [0.4, 0.5) is 0 Å². The second-order valence-electron chi connectivity index (χ2n) is 7.30. The summed E-state index contributed by atoms with van der Waals surface area (Å²) >= 11 is 16.1. The summed E-state index contributed by atoms with van der Waals surface area (Å²) in [5, 5.41) is 0.901. The van der Waals surface area contributed by atoms with Gasteiger partial charge >= 0.3 is 0 Å². The highest BCUT2D eigenvalue weighted by Crippen LogP contribution is 2.31. The first-order valence-corrected chi connectivity index (χ1v) is 11.3. The molecule has 0 saturated carbocycles. The quantitative estimate of drug-likeness (QED) is 0.266. The van der Waals surface area contributed by atoms with Crippen LogP contribution in [-0.4, -0.2) is 19.1 Å². The lowest BCUT2D eigenvalue weighted by Crippen LogP contribution is -2.22. The molecule has 5 nitrogen and oxygen atoms in total. The third-order valence-corrected chi connectivity index (χ3v) is 6.22. The Bertz CT molecular complexity index is 1520. The molecule has 5 rings (SSSR count). The van der Waals surface area contributed by atoms with Crippen molar-refractivity contribution in [3.63, 3.8) is 0 Å². The number of nitrogens with zero attached hydrogens (tertiary/aromatic N) is 4. The molecule has 0 amide bonds. The molecule has 0 saturated heterocycles. The molecule has 158 valence electrons. The van der Waals surface area contributed by atoms with Gasteiger partial charge in [0.25, 0.3) is 5.56 Å². The van der Waals surface area contributed by atoms with E-state index in [9.17, 15) is 4.79 Å². The van der Waals surface area contributed by atoms with Crippen molar-refractivity contribution >= 4 is 50.3 Å². The molecule has 0 spiro atoms. The lowest BCUT2D eigenvalue weighted by Gasteiger charge is -2.14. The molecule has 3 aromatic carbocycles. The summed E-state index contributed by atoms with van der Waals surface area (Å²) in [6.45, 7) is 2.02. The van der Waals surface area contributed by atoms with Gasteiger partial charge in [0, 0.05) is 20.7 Å². The van der Waals surface area contributed by atoms with Gasteiger partial charge in [-0.15, -0.1) is 0 Å². The minimum Gasteiger partial charge on any atom is -0.283 e. The van der Waals surface area contributed by atoms with E-state index >= 15 is 0 Å². The Labute approximate surface area is 202 Å². The van der Waals surface area contributed by atoms with Gasteiger partial charge < -0.3 is 0 Å². The fourth-order valence-corrected chi connectivity index (χ4v) is 4.28. The molecule has 0 radical (unpaired) electrons. The Hall–Kier alpha value is -2.93. The van der Waals surface area contributed by atoms with E-state index in [1.54, 1.807) is 29.1 Å². The largest absolute Gasteiger partial charge is 0.286 e. The lowest BCUT2D eigenvalue weighted by atomic mass is 10.2. The molecule has 5 aromatic rings. The second-order valence-corrected chi connectivity index (χ2v) is 9.06. The molecule has 2 heterocycles. The van der Waals surface area contributed by atoms with Gasteiger partial charge in [0.15, 0.2) is 17.0 Å². The van der Waals surface area contributed by atoms with Crippen molar-refractivity contribution in [1.29, 1.82) is 0 Å². The van der Waals surface area contributed by atoms with Gasteiger partial charge in [0.2, 0.25) is 0 Å². The molecule has 8 heteroatoms. The van der Waals surface area contributed by atoms with E-state index < -0.39 is 0 Å². The molecular formula is C24H15BrCl2N4O. The Morgan fingerprint density at radius 3 is 2.28 bits per heavy atom. The number of hydrogen-bond acceptors (Lipinski definition) is 3. The predicted octanol–water partition coefficient (Wildman–Crippen LogP) is 6.62. The van der Waals surface area contributed by atoms with E-state index in [2.05, 4.69) is 20.9 Å². The fraction of sp³-hybridized carbons (Fsp3) is 0.0417. The predicted molar refractivity (Wildman–Crippen MR) is 132 cm³/mol. The number of fused-ring (bicyclic) bond motifs is 1. The Balaban J connectivity index is 1.86. The molecule has 0 aliphatic heterocycles. The van der Waals surface area contributed by atoms with Crippen molar-refractivity contribution in [3.8, 4) is 22.8 Å². The minimum atomic E-state index is -0.288. The standard InChI is InChI=1S/C24H15BrCl2N4O/c1-14-2-7-17(8-3-14)30-13-28-21-23(30)29-22(19-11-6-16(26)12-20(19)27)31(24(21)32)18-9-4-15(25)5-10-18/h2-13H,1H3. The summed E-state index contributed by atoms with van der Waals surface area (Å²) in [5.74, 6) is 0.403. The lowest BCUT2D eigenvalue weighted by molar-refractivity contribution is 0.961.